The second-order valence-corrected chi connectivity index (χ2v) is 4.16. The lowest BCUT2D eigenvalue weighted by atomic mass is 10.1. The third-order valence-corrected chi connectivity index (χ3v) is 2.87. The minimum Gasteiger partial charge on any atom is -0.545 e. The molecule has 0 atom stereocenters. The highest BCUT2D eigenvalue weighted by Gasteiger charge is 2.05. The second-order valence-electron chi connectivity index (χ2n) is 4.16. The normalized spacial score (nSPS) is 10.6. The number of benzene rings is 1. The molecular formula is C13H10N5O2-. The number of nitrogens with one attached hydrogen (secondary N) is 2. The molecule has 3 rings (SSSR count). The van der Waals surface area contributed by atoms with Gasteiger partial charge in [-0.15, -0.1) is 0 Å². The number of carbonyl (C=O) groups is 1. The van der Waals surface area contributed by atoms with E-state index < -0.39 is 5.97 Å². The fourth-order valence-electron chi connectivity index (χ4n) is 1.84. The van der Waals surface area contributed by atoms with Gasteiger partial charge in [-0.05, 0) is 11.1 Å². The van der Waals surface area contributed by atoms with Crippen LogP contribution in [-0.4, -0.2) is 25.9 Å². The summed E-state index contributed by atoms with van der Waals surface area (Å²) in [6, 6.07) is 6.48. The van der Waals surface area contributed by atoms with Crippen molar-refractivity contribution in [3.8, 4) is 0 Å². The molecule has 0 radical (unpaired) electrons. The molecule has 7 heteroatoms. The number of aromatic nitrogens is 4. The van der Waals surface area contributed by atoms with Crippen LogP contribution in [0, 0.1) is 0 Å². The van der Waals surface area contributed by atoms with Crippen LogP contribution < -0.4 is 10.4 Å². The Labute approximate surface area is 113 Å². The molecule has 0 fully saturated rings. The highest BCUT2D eigenvalue weighted by atomic mass is 16.4. The van der Waals surface area contributed by atoms with Crippen LogP contribution in [0.4, 0.5) is 5.82 Å². The van der Waals surface area contributed by atoms with E-state index >= 15 is 0 Å². The van der Waals surface area contributed by atoms with Crippen molar-refractivity contribution in [3.05, 3.63) is 48.0 Å². The lowest BCUT2D eigenvalue weighted by Crippen LogP contribution is -2.22. The van der Waals surface area contributed by atoms with Crippen LogP contribution in [0.5, 0.6) is 0 Å². The van der Waals surface area contributed by atoms with Crippen molar-refractivity contribution < 1.29 is 9.90 Å². The van der Waals surface area contributed by atoms with E-state index in [0.717, 1.165) is 11.1 Å². The molecule has 0 unspecified atom stereocenters. The lowest BCUT2D eigenvalue weighted by Gasteiger charge is -2.07. The maximum Gasteiger partial charge on any atom is 0.182 e. The Hall–Kier alpha value is -2.96. The van der Waals surface area contributed by atoms with Crippen LogP contribution in [0.2, 0.25) is 0 Å². The molecule has 2 N–H and O–H groups in total. The minimum atomic E-state index is -1.18. The van der Waals surface area contributed by atoms with Crippen LogP contribution >= 0.6 is 0 Å². The number of hydrogen-bond acceptors (Lipinski definition) is 6. The van der Waals surface area contributed by atoms with E-state index in [9.17, 15) is 9.90 Å². The molecule has 0 aliphatic carbocycles. The first kappa shape index (κ1) is 12.1. The molecule has 2 heterocycles. The van der Waals surface area contributed by atoms with E-state index in [1.807, 2.05) is 0 Å². The smallest absolute Gasteiger partial charge is 0.182 e. The van der Waals surface area contributed by atoms with Gasteiger partial charge in [-0.25, -0.2) is 15.0 Å². The van der Waals surface area contributed by atoms with Crippen molar-refractivity contribution in [1.82, 2.24) is 19.9 Å². The summed E-state index contributed by atoms with van der Waals surface area (Å²) in [6.45, 7) is 0.512. The minimum absolute atomic E-state index is 0.159. The molecule has 7 nitrogen and oxygen atoms in total. The summed E-state index contributed by atoms with van der Waals surface area (Å²) < 4.78 is 0. The van der Waals surface area contributed by atoms with Crippen molar-refractivity contribution in [2.24, 2.45) is 0 Å². The number of carbonyl (C=O) groups excluding carboxylic acids is 1. The van der Waals surface area contributed by atoms with E-state index in [0.29, 0.717) is 18.0 Å². The van der Waals surface area contributed by atoms with Gasteiger partial charge in [0.1, 0.15) is 11.8 Å². The summed E-state index contributed by atoms with van der Waals surface area (Å²) >= 11 is 0. The van der Waals surface area contributed by atoms with Crippen molar-refractivity contribution in [2.75, 3.05) is 5.32 Å². The zero-order valence-corrected chi connectivity index (χ0v) is 10.3. The summed E-state index contributed by atoms with van der Waals surface area (Å²) in [5, 5.41) is 13.8. The van der Waals surface area contributed by atoms with Gasteiger partial charge in [-0.2, -0.15) is 0 Å². The zero-order valence-electron chi connectivity index (χ0n) is 10.3. The summed E-state index contributed by atoms with van der Waals surface area (Å²) in [6.07, 6.45) is 2.99. The third-order valence-electron chi connectivity index (χ3n) is 2.87. The van der Waals surface area contributed by atoms with E-state index in [-0.39, 0.29) is 5.56 Å². The van der Waals surface area contributed by atoms with Gasteiger partial charge in [0.25, 0.3) is 0 Å². The van der Waals surface area contributed by atoms with Crippen LogP contribution in [-0.2, 0) is 6.54 Å². The van der Waals surface area contributed by atoms with Crippen molar-refractivity contribution in [2.45, 2.75) is 6.54 Å². The van der Waals surface area contributed by atoms with Gasteiger partial charge in [0, 0.05) is 6.54 Å². The maximum atomic E-state index is 10.7. The Morgan fingerprint density at radius 1 is 1.20 bits per heavy atom. The second kappa shape index (κ2) is 4.96. The van der Waals surface area contributed by atoms with Crippen LogP contribution in [0.25, 0.3) is 11.2 Å². The Bertz CT molecular complexity index is 751. The van der Waals surface area contributed by atoms with Gasteiger partial charge >= 0.3 is 0 Å². The number of aromatic amines is 1. The predicted octanol–water partition coefficient (Wildman–Crippen LogP) is 0.328. The standard InChI is InChI=1S/C13H11N5O2/c19-13(20)9-3-1-8(2-4-9)5-14-11-10-12(16-6-15-10)18-7-17-11/h1-4,6-7H,5H2,(H,19,20)(H2,14,15,16,17,18)/p-1. The van der Waals surface area contributed by atoms with Crippen molar-refractivity contribution in [3.63, 3.8) is 0 Å². The quantitative estimate of drug-likeness (QED) is 0.706. The third kappa shape index (κ3) is 2.28. The number of imidazole rings is 1. The summed E-state index contributed by atoms with van der Waals surface area (Å²) in [4.78, 5) is 25.8. The van der Waals surface area contributed by atoms with Crippen LogP contribution in [0.15, 0.2) is 36.9 Å². The number of carboxylic acid groups (broad SMARTS) is 1. The van der Waals surface area contributed by atoms with Gasteiger partial charge in [0.05, 0.1) is 12.3 Å². The van der Waals surface area contributed by atoms with Crippen molar-refractivity contribution >= 4 is 23.0 Å². The van der Waals surface area contributed by atoms with Gasteiger partial charge in [-0.1, -0.05) is 24.3 Å². The van der Waals surface area contributed by atoms with E-state index in [4.69, 9.17) is 0 Å². The fraction of sp³-hybridized carbons (Fsp3) is 0.0769. The molecule has 0 aliphatic rings. The SMILES string of the molecule is O=C([O-])c1ccc(CNc2ncnc3nc[nH]c23)cc1. The topological polar surface area (TPSA) is 107 Å². The molecule has 1 aromatic carbocycles. The van der Waals surface area contributed by atoms with Gasteiger partial charge < -0.3 is 20.2 Å². The predicted molar refractivity (Wildman–Crippen MR) is 69.8 cm³/mol. The fourth-order valence-corrected chi connectivity index (χ4v) is 1.84. The van der Waals surface area contributed by atoms with E-state index in [2.05, 4.69) is 25.3 Å². The average Bonchev–Trinajstić information content (AvgIpc) is 2.94. The number of anilines is 1. The number of nitrogens with zero attached hydrogens (tertiary/aromatic N) is 3. The first-order valence-corrected chi connectivity index (χ1v) is 5.92. The molecule has 0 saturated carbocycles. The average molecular weight is 268 g/mol. The van der Waals surface area contributed by atoms with Gasteiger partial charge in [0.2, 0.25) is 0 Å². The lowest BCUT2D eigenvalue weighted by molar-refractivity contribution is -0.255. The van der Waals surface area contributed by atoms with Crippen molar-refractivity contribution in [1.29, 1.82) is 0 Å². The monoisotopic (exact) mass is 268 g/mol. The van der Waals surface area contributed by atoms with Crippen LogP contribution in [0.1, 0.15) is 15.9 Å². The first-order chi connectivity index (χ1) is 9.74. The number of carboxylic acids is 1. The Kier molecular flexibility index (Phi) is 3.00. The largest absolute Gasteiger partial charge is 0.545 e. The molecule has 0 aliphatic heterocycles. The summed E-state index contributed by atoms with van der Waals surface area (Å²) in [5.41, 5.74) is 2.42. The molecule has 3 aromatic rings. The highest BCUT2D eigenvalue weighted by Crippen LogP contribution is 2.15. The Morgan fingerprint density at radius 2 is 2.00 bits per heavy atom. The zero-order chi connectivity index (χ0) is 13.9. The number of hydrogen-bond donors (Lipinski definition) is 2. The highest BCUT2D eigenvalue weighted by molar-refractivity contribution is 5.85. The van der Waals surface area contributed by atoms with E-state index in [1.54, 1.807) is 18.5 Å². The number of aromatic carboxylic acids is 1. The summed E-state index contributed by atoms with van der Waals surface area (Å²) in [7, 11) is 0. The Morgan fingerprint density at radius 3 is 2.75 bits per heavy atom. The summed E-state index contributed by atoms with van der Waals surface area (Å²) in [5.74, 6) is -0.532. The molecule has 0 saturated heterocycles. The Balaban J connectivity index is 1.76. The molecular weight excluding hydrogens is 258 g/mol. The van der Waals surface area contributed by atoms with E-state index in [1.165, 1.54) is 18.5 Å². The molecule has 100 valence electrons. The molecule has 2 aromatic heterocycles. The number of H-pyrrole nitrogens is 1. The molecule has 0 bridgehead atoms. The number of rotatable bonds is 4. The van der Waals surface area contributed by atoms with Gasteiger partial charge in [0.15, 0.2) is 11.5 Å². The maximum absolute atomic E-state index is 10.7. The van der Waals surface area contributed by atoms with Gasteiger partial charge in [-0.3, -0.25) is 0 Å². The molecule has 20 heavy (non-hydrogen) atoms. The number of fused-ring (bicyclic) bond motifs is 1. The molecule has 0 spiro atoms. The molecule has 0 amide bonds. The van der Waals surface area contributed by atoms with Crippen LogP contribution in [0.3, 0.4) is 0 Å². The first-order valence-electron chi connectivity index (χ1n) is 5.92.